The van der Waals surface area contributed by atoms with E-state index >= 15 is 0 Å². The highest BCUT2D eigenvalue weighted by atomic mass is 35.5. The number of halogens is 2. The van der Waals surface area contributed by atoms with Gasteiger partial charge in [0.2, 0.25) is 0 Å². The van der Waals surface area contributed by atoms with Gasteiger partial charge in [0.25, 0.3) is 0 Å². The van der Waals surface area contributed by atoms with Gasteiger partial charge in [-0.2, -0.15) is 15.4 Å². The lowest BCUT2D eigenvalue weighted by molar-refractivity contribution is 0.574. The van der Waals surface area contributed by atoms with E-state index in [1.807, 2.05) is 19.2 Å². The van der Waals surface area contributed by atoms with Gasteiger partial charge in [0.1, 0.15) is 0 Å². The van der Waals surface area contributed by atoms with Crippen molar-refractivity contribution < 1.29 is 0 Å². The van der Waals surface area contributed by atoms with Crippen LogP contribution in [-0.4, -0.2) is 22.5 Å². The molecule has 90 valence electrons. The molecule has 0 aliphatic rings. The zero-order valence-corrected chi connectivity index (χ0v) is 10.8. The summed E-state index contributed by atoms with van der Waals surface area (Å²) in [6.07, 6.45) is 2.40. The van der Waals surface area contributed by atoms with E-state index in [9.17, 15) is 0 Å². The van der Waals surface area contributed by atoms with Crippen LogP contribution in [0.1, 0.15) is 17.3 Å². The van der Waals surface area contributed by atoms with Crippen molar-refractivity contribution >= 4 is 23.2 Å². The van der Waals surface area contributed by atoms with E-state index in [-0.39, 0.29) is 6.04 Å². The quantitative estimate of drug-likeness (QED) is 0.898. The number of rotatable bonds is 4. The second-order valence-corrected chi connectivity index (χ2v) is 4.44. The van der Waals surface area contributed by atoms with Gasteiger partial charge in [0.05, 0.1) is 28.0 Å². The fraction of sp³-hybridized carbons (Fsp3) is 0.273. The van der Waals surface area contributed by atoms with Gasteiger partial charge in [-0.05, 0) is 25.1 Å². The molecule has 0 bridgehead atoms. The first-order valence-corrected chi connectivity index (χ1v) is 5.93. The zero-order valence-electron chi connectivity index (χ0n) is 9.24. The molecule has 1 heterocycles. The van der Waals surface area contributed by atoms with Gasteiger partial charge in [-0.3, -0.25) is 0 Å². The van der Waals surface area contributed by atoms with Crippen LogP contribution in [0.4, 0.5) is 0 Å². The third-order valence-corrected chi connectivity index (χ3v) is 3.45. The van der Waals surface area contributed by atoms with Crippen LogP contribution in [0, 0.1) is 0 Å². The molecule has 17 heavy (non-hydrogen) atoms. The molecule has 1 atom stereocenters. The first-order chi connectivity index (χ1) is 8.22. The van der Waals surface area contributed by atoms with Crippen molar-refractivity contribution in [1.82, 2.24) is 20.7 Å². The van der Waals surface area contributed by atoms with Crippen molar-refractivity contribution in [3.8, 4) is 0 Å². The van der Waals surface area contributed by atoms with Crippen LogP contribution < -0.4 is 5.32 Å². The molecule has 0 spiro atoms. The Morgan fingerprint density at radius 2 is 2.24 bits per heavy atom. The first kappa shape index (κ1) is 12.4. The number of likely N-dealkylation sites (N-methyl/N-ethyl adjacent to an activating group) is 1. The van der Waals surface area contributed by atoms with E-state index in [4.69, 9.17) is 23.2 Å². The molecule has 1 unspecified atom stereocenters. The van der Waals surface area contributed by atoms with Crippen LogP contribution >= 0.6 is 23.2 Å². The van der Waals surface area contributed by atoms with Crippen LogP contribution in [0.5, 0.6) is 0 Å². The highest BCUT2D eigenvalue weighted by molar-refractivity contribution is 6.42. The molecule has 0 fully saturated rings. The number of aromatic nitrogens is 3. The minimum atomic E-state index is 0.0599. The van der Waals surface area contributed by atoms with E-state index in [2.05, 4.69) is 20.7 Å². The maximum absolute atomic E-state index is 6.15. The highest BCUT2D eigenvalue weighted by Crippen LogP contribution is 2.28. The molecule has 0 saturated heterocycles. The predicted octanol–water partition coefficient (Wildman–Crippen LogP) is 2.61. The van der Waals surface area contributed by atoms with Crippen LogP contribution in [0.3, 0.4) is 0 Å². The average Bonchev–Trinajstić information content (AvgIpc) is 2.85. The van der Waals surface area contributed by atoms with Crippen molar-refractivity contribution in [1.29, 1.82) is 0 Å². The molecule has 4 nitrogen and oxygen atoms in total. The van der Waals surface area contributed by atoms with Gasteiger partial charge in [0.15, 0.2) is 0 Å². The van der Waals surface area contributed by atoms with Crippen molar-refractivity contribution in [3.05, 3.63) is 45.7 Å². The number of nitrogens with one attached hydrogen (secondary N) is 2. The molecule has 0 aliphatic heterocycles. The summed E-state index contributed by atoms with van der Waals surface area (Å²) >= 11 is 12.1. The average molecular weight is 271 g/mol. The Bertz CT molecular complexity index is 484. The van der Waals surface area contributed by atoms with E-state index in [1.165, 1.54) is 0 Å². The zero-order chi connectivity index (χ0) is 12.3. The number of H-pyrrole nitrogens is 1. The summed E-state index contributed by atoms with van der Waals surface area (Å²) in [5, 5.41) is 14.8. The van der Waals surface area contributed by atoms with E-state index in [0.717, 1.165) is 11.3 Å². The third kappa shape index (κ3) is 2.77. The SMILES string of the molecule is CNC(Cc1cccc(Cl)c1Cl)c1cn[nH]n1. The number of benzene rings is 1. The Kier molecular flexibility index (Phi) is 3.99. The molecule has 0 radical (unpaired) electrons. The Labute approximate surface area is 109 Å². The molecule has 0 aliphatic carbocycles. The Hall–Kier alpha value is -1.10. The Morgan fingerprint density at radius 3 is 2.88 bits per heavy atom. The molecule has 1 aromatic carbocycles. The Morgan fingerprint density at radius 1 is 1.41 bits per heavy atom. The fourth-order valence-electron chi connectivity index (χ4n) is 1.66. The third-order valence-electron chi connectivity index (χ3n) is 2.59. The lowest BCUT2D eigenvalue weighted by atomic mass is 10.0. The first-order valence-electron chi connectivity index (χ1n) is 5.18. The standard InChI is InChI=1S/C11H12Cl2N4/c1-14-9(10-6-15-17-16-10)5-7-3-2-4-8(12)11(7)13/h2-4,6,9,14H,5H2,1H3,(H,15,16,17). The number of nitrogens with zero attached hydrogens (tertiary/aromatic N) is 2. The fourth-order valence-corrected chi connectivity index (χ4v) is 2.06. The van der Waals surface area contributed by atoms with Gasteiger partial charge < -0.3 is 5.32 Å². The summed E-state index contributed by atoms with van der Waals surface area (Å²) in [5.41, 5.74) is 1.84. The van der Waals surface area contributed by atoms with Crippen LogP contribution in [0.15, 0.2) is 24.4 Å². The summed E-state index contributed by atoms with van der Waals surface area (Å²) in [6.45, 7) is 0. The van der Waals surface area contributed by atoms with E-state index in [1.54, 1.807) is 12.3 Å². The Balaban J connectivity index is 2.22. The largest absolute Gasteiger partial charge is 0.311 e. The van der Waals surface area contributed by atoms with Crippen LogP contribution in [-0.2, 0) is 6.42 Å². The minimum Gasteiger partial charge on any atom is -0.311 e. The van der Waals surface area contributed by atoms with E-state index < -0.39 is 0 Å². The minimum absolute atomic E-state index is 0.0599. The predicted molar refractivity (Wildman–Crippen MR) is 68.3 cm³/mol. The monoisotopic (exact) mass is 270 g/mol. The number of hydrogen-bond donors (Lipinski definition) is 2. The summed E-state index contributed by atoms with van der Waals surface area (Å²) in [6, 6.07) is 5.68. The second kappa shape index (κ2) is 5.49. The molecule has 2 rings (SSSR count). The number of aromatic amines is 1. The summed E-state index contributed by atoms with van der Waals surface area (Å²) < 4.78 is 0. The van der Waals surface area contributed by atoms with Crippen molar-refractivity contribution in [2.24, 2.45) is 0 Å². The maximum atomic E-state index is 6.15. The topological polar surface area (TPSA) is 53.6 Å². The van der Waals surface area contributed by atoms with Crippen molar-refractivity contribution in [2.75, 3.05) is 7.05 Å². The summed E-state index contributed by atoms with van der Waals surface area (Å²) in [7, 11) is 1.87. The van der Waals surface area contributed by atoms with Crippen LogP contribution in [0.25, 0.3) is 0 Å². The smallest absolute Gasteiger partial charge is 0.0997 e. The summed E-state index contributed by atoms with van der Waals surface area (Å²) in [4.78, 5) is 0. The van der Waals surface area contributed by atoms with Gasteiger partial charge in [-0.15, -0.1) is 0 Å². The van der Waals surface area contributed by atoms with Gasteiger partial charge in [0, 0.05) is 0 Å². The summed E-state index contributed by atoms with van der Waals surface area (Å²) in [5.74, 6) is 0. The molecular formula is C11H12Cl2N4. The molecule has 6 heteroatoms. The molecular weight excluding hydrogens is 259 g/mol. The lowest BCUT2D eigenvalue weighted by Crippen LogP contribution is -2.19. The van der Waals surface area contributed by atoms with Gasteiger partial charge in [-0.25, -0.2) is 0 Å². The highest BCUT2D eigenvalue weighted by Gasteiger charge is 2.15. The number of hydrogen-bond acceptors (Lipinski definition) is 3. The lowest BCUT2D eigenvalue weighted by Gasteiger charge is -2.14. The second-order valence-electron chi connectivity index (χ2n) is 3.65. The molecule has 1 aromatic heterocycles. The molecule has 0 amide bonds. The van der Waals surface area contributed by atoms with Crippen molar-refractivity contribution in [2.45, 2.75) is 12.5 Å². The van der Waals surface area contributed by atoms with Gasteiger partial charge in [-0.1, -0.05) is 35.3 Å². The molecule has 2 aromatic rings. The van der Waals surface area contributed by atoms with Crippen molar-refractivity contribution in [3.63, 3.8) is 0 Å². The molecule has 0 saturated carbocycles. The van der Waals surface area contributed by atoms with E-state index in [0.29, 0.717) is 16.5 Å². The molecule has 2 N–H and O–H groups in total. The van der Waals surface area contributed by atoms with Gasteiger partial charge >= 0.3 is 0 Å². The maximum Gasteiger partial charge on any atom is 0.0997 e. The van der Waals surface area contributed by atoms with Crippen LogP contribution in [0.2, 0.25) is 10.0 Å². The normalized spacial score (nSPS) is 12.6.